The molecule has 1 aliphatic heterocycles. The number of para-hydroxylation sites is 1. The van der Waals surface area contributed by atoms with Crippen LogP contribution in [-0.4, -0.2) is 51.0 Å². The van der Waals surface area contributed by atoms with Crippen molar-refractivity contribution in [3.05, 3.63) is 70.1 Å². The average molecular weight is 458 g/mol. The molecule has 168 valence electrons. The molecule has 0 radical (unpaired) electrons. The second-order valence-electron chi connectivity index (χ2n) is 7.65. The molecule has 0 spiro atoms. The third kappa shape index (κ3) is 4.34. The molecular weight excluding hydrogens is 434 g/mol. The minimum Gasteiger partial charge on any atom is -0.493 e. The molecule has 1 fully saturated rings. The molecule has 0 saturated carbocycles. The van der Waals surface area contributed by atoms with Crippen LogP contribution in [0.2, 0.25) is 0 Å². The Morgan fingerprint density at radius 2 is 1.84 bits per heavy atom. The first-order chi connectivity index (χ1) is 15.3. The summed E-state index contributed by atoms with van der Waals surface area (Å²) in [5.41, 5.74) is 0.692. The van der Waals surface area contributed by atoms with Crippen LogP contribution < -0.4 is 14.9 Å². The summed E-state index contributed by atoms with van der Waals surface area (Å²) in [6.45, 7) is 0.121. The number of amides is 1. The Kier molecular flexibility index (Phi) is 5.92. The molecule has 1 atom stereocenters. The lowest BCUT2D eigenvalue weighted by molar-refractivity contribution is 0.0648. The molecule has 9 heteroatoms. The van der Waals surface area contributed by atoms with Gasteiger partial charge in [0.25, 0.3) is 5.91 Å². The molecule has 32 heavy (non-hydrogen) atoms. The fourth-order valence-corrected chi connectivity index (χ4v) is 5.65. The summed E-state index contributed by atoms with van der Waals surface area (Å²) in [6, 6.07) is 12.5. The quantitative estimate of drug-likeness (QED) is 0.561. The van der Waals surface area contributed by atoms with E-state index < -0.39 is 21.8 Å². The standard InChI is InChI=1S/C23H23NO7S/c1-29-20-8-7-15(11-21(20)30-2)13-24(16-9-10-32(27,28)14-16)23(26)22-12-18(25)17-5-3-4-6-19(17)31-22/h3-8,11-12,16H,9-10,13-14H2,1-2H3/t16-/m1/s1. The molecule has 2 heterocycles. The molecular formula is C23H23NO7S. The molecule has 1 saturated heterocycles. The molecule has 1 aliphatic rings. The van der Waals surface area contributed by atoms with Crippen LogP contribution in [-0.2, 0) is 16.4 Å². The smallest absolute Gasteiger partial charge is 0.290 e. The zero-order chi connectivity index (χ0) is 22.9. The second-order valence-corrected chi connectivity index (χ2v) is 9.88. The van der Waals surface area contributed by atoms with Crippen molar-refractivity contribution in [2.24, 2.45) is 0 Å². The zero-order valence-corrected chi connectivity index (χ0v) is 18.6. The lowest BCUT2D eigenvalue weighted by Gasteiger charge is -2.28. The summed E-state index contributed by atoms with van der Waals surface area (Å²) in [4.78, 5) is 27.4. The SMILES string of the molecule is COc1ccc(CN(C(=O)c2cc(=O)c3ccccc3o2)[C@@H]2CCS(=O)(=O)C2)cc1OC. The number of rotatable bonds is 6. The van der Waals surface area contributed by atoms with Gasteiger partial charge in [-0.25, -0.2) is 8.42 Å². The Hall–Kier alpha value is -3.33. The second kappa shape index (κ2) is 8.66. The third-order valence-electron chi connectivity index (χ3n) is 5.56. The van der Waals surface area contributed by atoms with Gasteiger partial charge in [-0.05, 0) is 36.2 Å². The van der Waals surface area contributed by atoms with Gasteiger partial charge in [0.05, 0.1) is 31.1 Å². The number of ether oxygens (including phenoxy) is 2. The fourth-order valence-electron chi connectivity index (χ4n) is 3.91. The summed E-state index contributed by atoms with van der Waals surface area (Å²) in [7, 11) is -0.208. The predicted octanol–water partition coefficient (Wildman–Crippen LogP) is 2.64. The van der Waals surface area contributed by atoms with Gasteiger partial charge in [-0.3, -0.25) is 9.59 Å². The molecule has 8 nitrogen and oxygen atoms in total. The molecule has 3 aromatic rings. The van der Waals surface area contributed by atoms with Crippen molar-refractivity contribution in [1.29, 1.82) is 0 Å². The van der Waals surface area contributed by atoms with Gasteiger partial charge >= 0.3 is 0 Å². The lowest BCUT2D eigenvalue weighted by atomic mass is 10.1. The van der Waals surface area contributed by atoms with Gasteiger partial charge in [0.1, 0.15) is 5.58 Å². The van der Waals surface area contributed by atoms with Crippen molar-refractivity contribution in [1.82, 2.24) is 4.90 Å². The number of hydrogen-bond donors (Lipinski definition) is 0. The van der Waals surface area contributed by atoms with Crippen LogP contribution in [0.25, 0.3) is 11.0 Å². The largest absolute Gasteiger partial charge is 0.493 e. The maximum Gasteiger partial charge on any atom is 0.290 e. The van der Waals surface area contributed by atoms with Crippen molar-refractivity contribution in [2.45, 2.75) is 19.0 Å². The van der Waals surface area contributed by atoms with E-state index in [2.05, 4.69) is 0 Å². The minimum absolute atomic E-state index is 0.00898. The van der Waals surface area contributed by atoms with Crippen molar-refractivity contribution in [3.63, 3.8) is 0 Å². The number of nitrogens with zero attached hydrogens (tertiary/aromatic N) is 1. The molecule has 0 unspecified atom stereocenters. The first-order valence-corrected chi connectivity index (χ1v) is 11.9. The number of methoxy groups -OCH3 is 2. The van der Waals surface area contributed by atoms with Crippen LogP contribution in [0.3, 0.4) is 0 Å². The van der Waals surface area contributed by atoms with Crippen LogP contribution in [0.15, 0.2) is 57.7 Å². The molecule has 2 aromatic carbocycles. The van der Waals surface area contributed by atoms with Gasteiger partial charge in [0, 0.05) is 18.7 Å². The van der Waals surface area contributed by atoms with Crippen molar-refractivity contribution >= 4 is 26.7 Å². The molecule has 0 bridgehead atoms. The first-order valence-electron chi connectivity index (χ1n) is 10.1. The van der Waals surface area contributed by atoms with E-state index in [-0.39, 0.29) is 29.2 Å². The van der Waals surface area contributed by atoms with Gasteiger partial charge in [0.15, 0.2) is 32.5 Å². The maximum atomic E-state index is 13.5. The third-order valence-corrected chi connectivity index (χ3v) is 7.31. The van der Waals surface area contributed by atoms with E-state index in [0.29, 0.717) is 28.9 Å². The van der Waals surface area contributed by atoms with Crippen molar-refractivity contribution < 1.29 is 27.1 Å². The van der Waals surface area contributed by atoms with Crippen LogP contribution in [0.1, 0.15) is 22.5 Å². The van der Waals surface area contributed by atoms with Crippen LogP contribution in [0.5, 0.6) is 11.5 Å². The van der Waals surface area contributed by atoms with Gasteiger partial charge < -0.3 is 18.8 Å². The number of fused-ring (bicyclic) bond motifs is 1. The highest BCUT2D eigenvalue weighted by Gasteiger charge is 2.36. The minimum atomic E-state index is -3.25. The van der Waals surface area contributed by atoms with Gasteiger partial charge in [-0.2, -0.15) is 0 Å². The monoisotopic (exact) mass is 457 g/mol. The van der Waals surface area contributed by atoms with Crippen molar-refractivity contribution in [2.75, 3.05) is 25.7 Å². The van der Waals surface area contributed by atoms with E-state index in [4.69, 9.17) is 13.9 Å². The Morgan fingerprint density at radius 1 is 1.09 bits per heavy atom. The Bertz CT molecular complexity index is 1330. The maximum absolute atomic E-state index is 13.5. The number of carbonyl (C=O) groups excluding carboxylic acids is 1. The highest BCUT2D eigenvalue weighted by molar-refractivity contribution is 7.91. The summed E-state index contributed by atoms with van der Waals surface area (Å²) in [6.07, 6.45) is 0.319. The molecule has 0 aliphatic carbocycles. The summed E-state index contributed by atoms with van der Waals surface area (Å²) >= 11 is 0. The normalized spacial score (nSPS) is 17.2. The van der Waals surface area contributed by atoms with Crippen LogP contribution in [0.4, 0.5) is 0 Å². The fraction of sp³-hybridized carbons (Fsp3) is 0.304. The van der Waals surface area contributed by atoms with Crippen LogP contribution >= 0.6 is 0 Å². The number of sulfone groups is 1. The lowest BCUT2D eigenvalue weighted by Crippen LogP contribution is -2.40. The highest BCUT2D eigenvalue weighted by Crippen LogP contribution is 2.30. The summed E-state index contributed by atoms with van der Waals surface area (Å²) < 4.78 is 40.6. The molecule has 0 N–H and O–H groups in total. The van der Waals surface area contributed by atoms with Gasteiger partial charge in [-0.15, -0.1) is 0 Å². The van der Waals surface area contributed by atoms with E-state index in [1.165, 1.54) is 19.1 Å². The highest BCUT2D eigenvalue weighted by atomic mass is 32.2. The van der Waals surface area contributed by atoms with E-state index in [1.54, 1.807) is 42.5 Å². The summed E-state index contributed by atoms with van der Waals surface area (Å²) in [5, 5.41) is 0.374. The van der Waals surface area contributed by atoms with E-state index in [0.717, 1.165) is 11.6 Å². The summed E-state index contributed by atoms with van der Waals surface area (Å²) in [5.74, 6) is 0.244. The number of benzene rings is 2. The van der Waals surface area contributed by atoms with E-state index in [9.17, 15) is 18.0 Å². The van der Waals surface area contributed by atoms with Crippen molar-refractivity contribution in [3.8, 4) is 11.5 Å². The Balaban J connectivity index is 1.73. The molecule has 1 amide bonds. The average Bonchev–Trinajstić information content (AvgIpc) is 3.16. The zero-order valence-electron chi connectivity index (χ0n) is 17.7. The molecule has 1 aromatic heterocycles. The van der Waals surface area contributed by atoms with E-state index in [1.807, 2.05) is 0 Å². The van der Waals surface area contributed by atoms with Crippen LogP contribution in [0, 0.1) is 0 Å². The first kappa shape index (κ1) is 21.9. The Morgan fingerprint density at radius 3 is 2.53 bits per heavy atom. The topological polar surface area (TPSA) is 103 Å². The number of hydrogen-bond acceptors (Lipinski definition) is 7. The van der Waals surface area contributed by atoms with Gasteiger partial charge in [0.2, 0.25) is 0 Å². The van der Waals surface area contributed by atoms with Gasteiger partial charge in [-0.1, -0.05) is 18.2 Å². The van der Waals surface area contributed by atoms with E-state index >= 15 is 0 Å². The Labute approximate surface area is 185 Å². The molecule has 4 rings (SSSR count). The predicted molar refractivity (Wildman–Crippen MR) is 119 cm³/mol. The number of carbonyl (C=O) groups is 1.